The van der Waals surface area contributed by atoms with E-state index in [0.29, 0.717) is 18.0 Å². The van der Waals surface area contributed by atoms with Gasteiger partial charge in [0.1, 0.15) is 0 Å². The maximum Gasteiger partial charge on any atom is 0.0107 e. The van der Waals surface area contributed by atoms with Gasteiger partial charge >= 0.3 is 0 Å². The molecule has 0 fully saturated rings. The Labute approximate surface area is 116 Å². The van der Waals surface area contributed by atoms with Gasteiger partial charge in [0.2, 0.25) is 0 Å². The Morgan fingerprint density at radius 3 is 1.72 bits per heavy atom. The molecule has 0 rings (SSSR count). The summed E-state index contributed by atoms with van der Waals surface area (Å²) in [5.74, 6) is 2.18. The first kappa shape index (κ1) is 17.9. The zero-order valence-electron chi connectivity index (χ0n) is 14.0. The van der Waals surface area contributed by atoms with Gasteiger partial charge in [-0.15, -0.1) is 0 Å². The first-order chi connectivity index (χ1) is 8.25. The summed E-state index contributed by atoms with van der Waals surface area (Å²) >= 11 is 0. The number of nitrogens with one attached hydrogen (secondary N) is 1. The van der Waals surface area contributed by atoms with Crippen molar-refractivity contribution in [2.24, 2.45) is 17.8 Å². The van der Waals surface area contributed by atoms with Gasteiger partial charge in [0, 0.05) is 18.6 Å². The first-order valence-corrected chi connectivity index (χ1v) is 7.72. The molecule has 0 bridgehead atoms. The van der Waals surface area contributed by atoms with Gasteiger partial charge in [-0.3, -0.25) is 4.90 Å². The van der Waals surface area contributed by atoms with Crippen LogP contribution >= 0.6 is 0 Å². The molecule has 0 aliphatic rings. The fraction of sp³-hybridized carbons (Fsp3) is 1.00. The Balaban J connectivity index is 4.24. The van der Waals surface area contributed by atoms with Crippen molar-refractivity contribution < 1.29 is 0 Å². The zero-order chi connectivity index (χ0) is 14.3. The van der Waals surface area contributed by atoms with E-state index in [0.717, 1.165) is 24.9 Å². The maximum absolute atomic E-state index is 3.59. The number of hydrogen-bond acceptors (Lipinski definition) is 2. The average molecular weight is 256 g/mol. The average Bonchev–Trinajstić information content (AvgIpc) is 2.23. The summed E-state index contributed by atoms with van der Waals surface area (Å²) in [7, 11) is 0. The summed E-state index contributed by atoms with van der Waals surface area (Å²) in [6, 6.07) is 1.28. The lowest BCUT2D eigenvalue weighted by Crippen LogP contribution is -2.46. The molecule has 2 atom stereocenters. The summed E-state index contributed by atoms with van der Waals surface area (Å²) in [6.07, 6.45) is 0. The van der Waals surface area contributed by atoms with E-state index >= 15 is 0 Å². The van der Waals surface area contributed by atoms with Crippen molar-refractivity contribution in [2.75, 3.05) is 19.6 Å². The zero-order valence-corrected chi connectivity index (χ0v) is 14.0. The molecule has 18 heavy (non-hydrogen) atoms. The second-order valence-corrected chi connectivity index (χ2v) is 6.95. The van der Waals surface area contributed by atoms with E-state index in [1.165, 1.54) is 6.54 Å². The molecular weight excluding hydrogens is 220 g/mol. The van der Waals surface area contributed by atoms with Crippen LogP contribution in [0.3, 0.4) is 0 Å². The molecule has 0 saturated heterocycles. The standard InChI is InChI=1S/C16H36N2/c1-12(2)9-17-10-15(7)16(8)18(14(5)6)11-13(3)4/h12-17H,9-11H2,1-8H3. The topological polar surface area (TPSA) is 15.3 Å². The van der Waals surface area contributed by atoms with E-state index in [-0.39, 0.29) is 0 Å². The summed E-state index contributed by atoms with van der Waals surface area (Å²) < 4.78 is 0. The monoisotopic (exact) mass is 256 g/mol. The van der Waals surface area contributed by atoms with Gasteiger partial charge in [0.25, 0.3) is 0 Å². The third-order valence-corrected chi connectivity index (χ3v) is 3.60. The third-order valence-electron chi connectivity index (χ3n) is 3.60. The predicted molar refractivity (Wildman–Crippen MR) is 83.0 cm³/mol. The normalized spacial score (nSPS) is 16.0. The lowest BCUT2D eigenvalue weighted by Gasteiger charge is -2.37. The summed E-state index contributed by atoms with van der Waals surface area (Å²) in [5.41, 5.74) is 0. The Morgan fingerprint density at radius 2 is 1.33 bits per heavy atom. The number of nitrogens with zero attached hydrogens (tertiary/aromatic N) is 1. The fourth-order valence-electron chi connectivity index (χ4n) is 2.37. The quantitative estimate of drug-likeness (QED) is 0.678. The lowest BCUT2D eigenvalue weighted by molar-refractivity contribution is 0.108. The number of hydrogen-bond donors (Lipinski definition) is 1. The Hall–Kier alpha value is -0.0800. The van der Waals surface area contributed by atoms with Crippen molar-refractivity contribution in [3.05, 3.63) is 0 Å². The fourth-order valence-corrected chi connectivity index (χ4v) is 2.37. The molecule has 2 heteroatoms. The Morgan fingerprint density at radius 1 is 0.778 bits per heavy atom. The van der Waals surface area contributed by atoms with Crippen molar-refractivity contribution in [1.82, 2.24) is 10.2 Å². The van der Waals surface area contributed by atoms with E-state index < -0.39 is 0 Å². The summed E-state index contributed by atoms with van der Waals surface area (Å²) in [4.78, 5) is 2.65. The SMILES string of the molecule is CC(C)CNCC(C)C(C)N(CC(C)C)C(C)C. The molecule has 2 nitrogen and oxygen atoms in total. The molecule has 1 N–H and O–H groups in total. The minimum Gasteiger partial charge on any atom is -0.316 e. The molecule has 0 aliphatic heterocycles. The van der Waals surface area contributed by atoms with Crippen molar-refractivity contribution in [2.45, 2.75) is 67.5 Å². The van der Waals surface area contributed by atoms with Crippen LogP contribution in [0.2, 0.25) is 0 Å². The van der Waals surface area contributed by atoms with Crippen LogP contribution in [0.25, 0.3) is 0 Å². The van der Waals surface area contributed by atoms with E-state index in [4.69, 9.17) is 0 Å². The predicted octanol–water partition coefficient (Wildman–Crippen LogP) is 3.62. The molecule has 2 unspecified atom stereocenters. The molecule has 0 radical (unpaired) electrons. The second-order valence-electron chi connectivity index (χ2n) is 6.95. The molecule has 0 aromatic carbocycles. The van der Waals surface area contributed by atoms with Gasteiger partial charge in [-0.1, -0.05) is 34.6 Å². The Kier molecular flexibility index (Phi) is 8.89. The van der Waals surface area contributed by atoms with Crippen LogP contribution in [0.5, 0.6) is 0 Å². The van der Waals surface area contributed by atoms with Gasteiger partial charge in [-0.25, -0.2) is 0 Å². The minimum absolute atomic E-state index is 0.634. The summed E-state index contributed by atoms with van der Waals surface area (Å²) in [5, 5.41) is 3.59. The molecule has 0 aromatic rings. The lowest BCUT2D eigenvalue weighted by atomic mass is 9.99. The van der Waals surface area contributed by atoms with Crippen molar-refractivity contribution >= 4 is 0 Å². The molecule has 0 amide bonds. The molecule has 0 spiro atoms. The van der Waals surface area contributed by atoms with E-state index in [9.17, 15) is 0 Å². The van der Waals surface area contributed by atoms with E-state index in [2.05, 4.69) is 65.6 Å². The van der Waals surface area contributed by atoms with Gasteiger partial charge < -0.3 is 5.32 Å². The molecular formula is C16H36N2. The molecule has 0 aliphatic carbocycles. The highest BCUT2D eigenvalue weighted by molar-refractivity contribution is 4.78. The molecule has 0 heterocycles. The van der Waals surface area contributed by atoms with E-state index in [1.54, 1.807) is 0 Å². The van der Waals surface area contributed by atoms with Crippen molar-refractivity contribution in [3.8, 4) is 0 Å². The minimum atomic E-state index is 0.634. The van der Waals surface area contributed by atoms with Crippen molar-refractivity contribution in [1.29, 1.82) is 0 Å². The van der Waals surface area contributed by atoms with Crippen LogP contribution < -0.4 is 5.32 Å². The first-order valence-electron chi connectivity index (χ1n) is 7.72. The van der Waals surface area contributed by atoms with Gasteiger partial charge in [-0.05, 0) is 51.6 Å². The van der Waals surface area contributed by atoms with Crippen molar-refractivity contribution in [3.63, 3.8) is 0 Å². The highest BCUT2D eigenvalue weighted by Crippen LogP contribution is 2.16. The highest BCUT2D eigenvalue weighted by Gasteiger charge is 2.22. The highest BCUT2D eigenvalue weighted by atomic mass is 15.2. The van der Waals surface area contributed by atoms with Crippen LogP contribution in [-0.2, 0) is 0 Å². The van der Waals surface area contributed by atoms with Crippen LogP contribution in [-0.4, -0.2) is 36.6 Å². The maximum atomic E-state index is 3.59. The Bertz CT molecular complexity index is 199. The van der Waals surface area contributed by atoms with Crippen LogP contribution in [0, 0.1) is 17.8 Å². The van der Waals surface area contributed by atoms with Crippen LogP contribution in [0.1, 0.15) is 55.4 Å². The van der Waals surface area contributed by atoms with Crippen LogP contribution in [0.15, 0.2) is 0 Å². The van der Waals surface area contributed by atoms with Crippen LogP contribution in [0.4, 0.5) is 0 Å². The molecule has 0 aromatic heterocycles. The smallest absolute Gasteiger partial charge is 0.0107 e. The molecule has 0 saturated carbocycles. The molecule has 110 valence electrons. The second kappa shape index (κ2) is 8.92. The van der Waals surface area contributed by atoms with Gasteiger partial charge in [0.05, 0.1) is 0 Å². The van der Waals surface area contributed by atoms with Gasteiger partial charge in [-0.2, -0.15) is 0 Å². The third kappa shape index (κ3) is 7.38. The summed E-state index contributed by atoms with van der Waals surface area (Å²) in [6.45, 7) is 22.0. The van der Waals surface area contributed by atoms with Gasteiger partial charge in [0.15, 0.2) is 0 Å². The largest absolute Gasteiger partial charge is 0.316 e. The number of rotatable bonds is 9. The van der Waals surface area contributed by atoms with E-state index in [1.807, 2.05) is 0 Å².